The summed E-state index contributed by atoms with van der Waals surface area (Å²) < 4.78 is 12.5. The molecule has 0 aromatic heterocycles. The van der Waals surface area contributed by atoms with Crippen molar-refractivity contribution in [1.82, 2.24) is 0 Å². The molecule has 0 saturated heterocycles. The maximum atomic E-state index is 12.2. The van der Waals surface area contributed by atoms with Crippen molar-refractivity contribution in [3.63, 3.8) is 0 Å². The van der Waals surface area contributed by atoms with Gasteiger partial charge in [-0.05, 0) is 39.8 Å². The highest BCUT2D eigenvalue weighted by Gasteiger charge is 2.45. The topological polar surface area (TPSA) is 97.5 Å². The highest BCUT2D eigenvalue weighted by atomic mass is 79.9. The third kappa shape index (κ3) is 4.10. The van der Waals surface area contributed by atoms with Gasteiger partial charge in [0.1, 0.15) is 0 Å². The molecule has 21 heavy (non-hydrogen) atoms. The van der Waals surface area contributed by atoms with Crippen LogP contribution in [0.3, 0.4) is 0 Å². The Hall–Kier alpha value is -1.28. The van der Waals surface area contributed by atoms with Crippen molar-refractivity contribution in [2.45, 2.75) is 25.0 Å². The van der Waals surface area contributed by atoms with E-state index in [-0.39, 0.29) is 23.3 Å². The van der Waals surface area contributed by atoms with Crippen LogP contribution in [0, 0.1) is 15.5 Å². The van der Waals surface area contributed by atoms with Crippen molar-refractivity contribution in [3.8, 4) is 0 Å². The van der Waals surface area contributed by atoms with Crippen LogP contribution in [0.4, 0.5) is 5.69 Å². The molecule has 6 nitrogen and oxygen atoms in total. The lowest BCUT2D eigenvalue weighted by Crippen LogP contribution is -2.17. The van der Waals surface area contributed by atoms with Crippen LogP contribution in [0.25, 0.3) is 0 Å². The third-order valence-corrected chi connectivity index (χ3v) is 6.00. The van der Waals surface area contributed by atoms with E-state index in [1.54, 1.807) is 12.1 Å². The zero-order chi connectivity index (χ0) is 15.6. The minimum atomic E-state index is -1.24. The van der Waals surface area contributed by atoms with E-state index in [1.807, 2.05) is 0 Å². The van der Waals surface area contributed by atoms with Crippen LogP contribution in [0.2, 0.25) is 0 Å². The number of halogens is 1. The molecule has 0 bridgehead atoms. The number of rotatable bonds is 7. The quantitative estimate of drug-likeness (QED) is 0.583. The van der Waals surface area contributed by atoms with Crippen LogP contribution in [0.15, 0.2) is 22.7 Å². The second-order valence-corrected chi connectivity index (χ2v) is 7.56. The summed E-state index contributed by atoms with van der Waals surface area (Å²) in [6, 6.07) is 4.62. The Balaban J connectivity index is 2.05. The number of aliphatic carboxylic acids is 1. The lowest BCUT2D eigenvalue weighted by Gasteiger charge is -2.12. The summed E-state index contributed by atoms with van der Waals surface area (Å²) in [6.45, 7) is 0. The van der Waals surface area contributed by atoms with Gasteiger partial charge in [-0.25, -0.2) is 0 Å². The molecule has 0 spiro atoms. The Kier molecular flexibility index (Phi) is 4.77. The molecule has 1 atom stereocenters. The molecule has 1 aliphatic carbocycles. The molecule has 0 heterocycles. The predicted octanol–water partition coefficient (Wildman–Crippen LogP) is 2.86. The molecule has 0 radical (unpaired) electrons. The number of hydrogen-bond donors (Lipinski definition) is 1. The minimum Gasteiger partial charge on any atom is -0.481 e. The summed E-state index contributed by atoms with van der Waals surface area (Å²) in [5.41, 5.74) is 0.203. The van der Waals surface area contributed by atoms with Gasteiger partial charge >= 0.3 is 5.97 Å². The maximum Gasteiger partial charge on any atom is 0.303 e. The first kappa shape index (κ1) is 16.1. The van der Waals surface area contributed by atoms with E-state index in [4.69, 9.17) is 5.11 Å². The maximum absolute atomic E-state index is 12.2. The molecule has 1 fully saturated rings. The number of carboxylic acids is 1. The highest BCUT2D eigenvalue weighted by molar-refractivity contribution is 9.10. The fourth-order valence-electron chi connectivity index (χ4n) is 2.25. The Bertz CT molecular complexity index is 615. The van der Waals surface area contributed by atoms with E-state index in [9.17, 15) is 19.1 Å². The van der Waals surface area contributed by atoms with Crippen molar-refractivity contribution in [1.29, 1.82) is 0 Å². The van der Waals surface area contributed by atoms with Crippen molar-refractivity contribution < 1.29 is 19.0 Å². The summed E-state index contributed by atoms with van der Waals surface area (Å²) >= 11 is 3.18. The smallest absolute Gasteiger partial charge is 0.303 e. The zero-order valence-corrected chi connectivity index (χ0v) is 13.5. The predicted molar refractivity (Wildman–Crippen MR) is 81.4 cm³/mol. The van der Waals surface area contributed by atoms with Crippen LogP contribution in [-0.2, 0) is 21.3 Å². The lowest BCUT2D eigenvalue weighted by atomic mass is 10.1. The van der Waals surface area contributed by atoms with E-state index in [0.717, 1.165) is 12.8 Å². The van der Waals surface area contributed by atoms with Crippen molar-refractivity contribution in [3.05, 3.63) is 38.3 Å². The molecular formula is C13H14BrNO5S. The van der Waals surface area contributed by atoms with Gasteiger partial charge in [0.25, 0.3) is 5.69 Å². The molecule has 0 amide bonds. The van der Waals surface area contributed by atoms with Gasteiger partial charge in [0.05, 0.1) is 15.8 Å². The monoisotopic (exact) mass is 375 g/mol. The highest BCUT2D eigenvalue weighted by Crippen LogP contribution is 2.49. The number of carbonyl (C=O) groups is 1. The SMILES string of the molecule is O=C(O)CC1(CS(=O)Cc2cccc([N+](=O)[O-])c2Br)CC1. The number of carboxylic acid groups (broad SMARTS) is 1. The standard InChI is InChI=1S/C13H14BrNO5S/c14-12-9(2-1-3-10(12)15(18)19)7-21(20)8-13(4-5-13)6-11(16)17/h1-3H,4-8H2,(H,16,17). The van der Waals surface area contributed by atoms with Gasteiger partial charge in [0.15, 0.2) is 0 Å². The molecule has 1 saturated carbocycles. The van der Waals surface area contributed by atoms with Gasteiger partial charge in [-0.1, -0.05) is 12.1 Å². The third-order valence-electron chi connectivity index (χ3n) is 3.52. The number of nitrogens with zero attached hydrogens (tertiary/aromatic N) is 1. The van der Waals surface area contributed by atoms with Crippen LogP contribution < -0.4 is 0 Å². The molecule has 1 aromatic rings. The number of nitro groups is 1. The molecule has 1 aliphatic rings. The zero-order valence-electron chi connectivity index (χ0n) is 11.1. The van der Waals surface area contributed by atoms with Crippen LogP contribution in [0.5, 0.6) is 0 Å². The molecular weight excluding hydrogens is 362 g/mol. The van der Waals surface area contributed by atoms with Gasteiger partial charge in [-0.15, -0.1) is 0 Å². The molecule has 114 valence electrons. The van der Waals surface area contributed by atoms with E-state index < -0.39 is 21.7 Å². The fraction of sp³-hybridized carbons (Fsp3) is 0.462. The molecule has 1 unspecified atom stereocenters. The summed E-state index contributed by atoms with van der Waals surface area (Å²) in [5.74, 6) is -0.362. The van der Waals surface area contributed by atoms with Gasteiger partial charge < -0.3 is 5.11 Å². The van der Waals surface area contributed by atoms with Gasteiger partial charge in [-0.3, -0.25) is 19.1 Å². The molecule has 1 N–H and O–H groups in total. The van der Waals surface area contributed by atoms with Crippen LogP contribution >= 0.6 is 15.9 Å². The average Bonchev–Trinajstić information content (AvgIpc) is 3.09. The fourth-order valence-corrected chi connectivity index (χ4v) is 4.75. The minimum absolute atomic E-state index is 0.0366. The Labute approximate surface area is 132 Å². The Morgan fingerprint density at radius 1 is 1.48 bits per heavy atom. The first-order valence-corrected chi connectivity index (χ1v) is 8.60. The molecule has 1 aromatic carbocycles. The van der Waals surface area contributed by atoms with Crippen molar-refractivity contribution >= 4 is 38.4 Å². The number of nitro benzene ring substituents is 1. The summed E-state index contributed by atoms with van der Waals surface area (Å²) in [7, 11) is -1.24. The normalized spacial score (nSPS) is 17.2. The van der Waals surface area contributed by atoms with Crippen LogP contribution in [0.1, 0.15) is 24.8 Å². The largest absolute Gasteiger partial charge is 0.481 e. The van der Waals surface area contributed by atoms with E-state index in [0.29, 0.717) is 15.8 Å². The van der Waals surface area contributed by atoms with E-state index in [1.165, 1.54) is 6.07 Å². The molecule has 0 aliphatic heterocycles. The van der Waals surface area contributed by atoms with Crippen LogP contribution in [-0.4, -0.2) is 26.0 Å². The van der Waals surface area contributed by atoms with Gasteiger partial charge in [0.2, 0.25) is 0 Å². The van der Waals surface area contributed by atoms with E-state index >= 15 is 0 Å². The second kappa shape index (κ2) is 6.23. The lowest BCUT2D eigenvalue weighted by molar-refractivity contribution is -0.385. The first-order valence-electron chi connectivity index (χ1n) is 6.31. The number of hydrogen-bond acceptors (Lipinski definition) is 4. The van der Waals surface area contributed by atoms with Crippen molar-refractivity contribution in [2.75, 3.05) is 5.75 Å². The average molecular weight is 376 g/mol. The summed E-state index contributed by atoms with van der Waals surface area (Å²) in [4.78, 5) is 21.1. The van der Waals surface area contributed by atoms with E-state index in [2.05, 4.69) is 15.9 Å². The summed E-state index contributed by atoms with van der Waals surface area (Å²) in [6.07, 6.45) is 1.59. The van der Waals surface area contributed by atoms with Gasteiger partial charge in [0, 0.05) is 28.4 Å². The van der Waals surface area contributed by atoms with Gasteiger partial charge in [-0.2, -0.15) is 0 Å². The second-order valence-electron chi connectivity index (χ2n) is 5.31. The molecule has 8 heteroatoms. The Morgan fingerprint density at radius 3 is 2.67 bits per heavy atom. The first-order chi connectivity index (χ1) is 9.83. The number of benzene rings is 1. The molecule has 2 rings (SSSR count). The summed E-state index contributed by atoms with van der Waals surface area (Å²) in [5, 5.41) is 19.7. The Morgan fingerprint density at radius 2 is 2.14 bits per heavy atom. The van der Waals surface area contributed by atoms with Crippen molar-refractivity contribution in [2.24, 2.45) is 5.41 Å².